The fraction of sp³-hybridized carbons (Fsp3) is 0.100. The van der Waals surface area contributed by atoms with Crippen LogP contribution in [0, 0.1) is 0 Å². The van der Waals surface area contributed by atoms with Gasteiger partial charge in [-0.25, -0.2) is 13.2 Å². The zero-order valence-corrected chi connectivity index (χ0v) is 10.5. The number of thiophene rings is 1. The molecule has 0 spiro atoms. The van der Waals surface area contributed by atoms with Crippen LogP contribution in [-0.2, 0) is 14.9 Å². The molecule has 0 bridgehead atoms. The molecule has 2 aromatic rings. The highest BCUT2D eigenvalue weighted by atomic mass is 32.2. The van der Waals surface area contributed by atoms with Crippen LogP contribution < -0.4 is 4.89 Å². The lowest BCUT2D eigenvalue weighted by atomic mass is 10.2. The van der Waals surface area contributed by atoms with Crippen molar-refractivity contribution < 1.29 is 18.0 Å². The van der Waals surface area contributed by atoms with Gasteiger partial charge in [0.15, 0.2) is 0 Å². The summed E-state index contributed by atoms with van der Waals surface area (Å²) in [6.45, 7) is 0. The van der Waals surface area contributed by atoms with E-state index in [2.05, 4.69) is 4.84 Å². The molecule has 0 radical (unpaired) electrons. The molecule has 5 nitrogen and oxygen atoms in total. The Morgan fingerprint density at radius 3 is 2.71 bits per heavy atom. The van der Waals surface area contributed by atoms with E-state index in [0.29, 0.717) is 4.88 Å². The Morgan fingerprint density at radius 1 is 1.35 bits per heavy atom. The van der Waals surface area contributed by atoms with Crippen molar-refractivity contribution in [3.05, 3.63) is 35.2 Å². The second-order valence-corrected chi connectivity index (χ2v) is 6.19. The summed E-state index contributed by atoms with van der Waals surface area (Å²) in [5.74, 6) is -0.711. The average molecular weight is 271 g/mol. The molecular weight excluding hydrogens is 262 g/mol. The third kappa shape index (κ3) is 3.02. The lowest BCUT2D eigenvalue weighted by molar-refractivity contribution is 0.0414. The summed E-state index contributed by atoms with van der Waals surface area (Å²) in [5, 5.41) is 0.920. The molecule has 0 aliphatic carbocycles. The highest BCUT2D eigenvalue weighted by molar-refractivity contribution is 7.88. The van der Waals surface area contributed by atoms with Crippen molar-refractivity contribution in [3.8, 4) is 0 Å². The van der Waals surface area contributed by atoms with Crippen LogP contribution >= 0.6 is 11.3 Å². The number of benzene rings is 1. The molecule has 0 amide bonds. The van der Waals surface area contributed by atoms with Crippen LogP contribution in [0.15, 0.2) is 30.3 Å². The average Bonchev–Trinajstić information content (AvgIpc) is 2.68. The third-order valence-corrected chi connectivity index (χ3v) is 3.39. The second kappa shape index (κ2) is 4.44. The highest BCUT2D eigenvalue weighted by Crippen LogP contribution is 2.25. The van der Waals surface area contributed by atoms with Crippen LogP contribution in [0.3, 0.4) is 0 Å². The van der Waals surface area contributed by atoms with Gasteiger partial charge in [-0.3, -0.25) is 0 Å². The van der Waals surface area contributed by atoms with E-state index in [-0.39, 0.29) is 0 Å². The number of hydrogen-bond acceptors (Lipinski definition) is 5. The van der Waals surface area contributed by atoms with Crippen LogP contribution in [0.25, 0.3) is 10.1 Å². The third-order valence-electron chi connectivity index (χ3n) is 1.91. The van der Waals surface area contributed by atoms with Gasteiger partial charge < -0.3 is 4.84 Å². The van der Waals surface area contributed by atoms with Crippen LogP contribution in [-0.4, -0.2) is 20.6 Å². The van der Waals surface area contributed by atoms with Gasteiger partial charge in [0.25, 0.3) is 0 Å². The molecule has 1 aromatic carbocycles. The van der Waals surface area contributed by atoms with Gasteiger partial charge in [-0.15, -0.1) is 11.3 Å². The van der Waals surface area contributed by atoms with Crippen molar-refractivity contribution in [2.24, 2.45) is 0 Å². The van der Waals surface area contributed by atoms with E-state index in [1.807, 2.05) is 24.3 Å². The normalized spacial score (nSPS) is 11.6. The minimum atomic E-state index is -3.55. The molecule has 90 valence electrons. The Balaban J connectivity index is 2.19. The maximum Gasteiger partial charge on any atom is 0.367 e. The molecule has 2 rings (SSSR count). The zero-order chi connectivity index (χ0) is 12.5. The first-order valence-electron chi connectivity index (χ1n) is 4.62. The lowest BCUT2D eigenvalue weighted by Crippen LogP contribution is -2.25. The lowest BCUT2D eigenvalue weighted by Gasteiger charge is -2.00. The van der Waals surface area contributed by atoms with Gasteiger partial charge in [0, 0.05) is 4.70 Å². The minimum absolute atomic E-state index is 0.349. The molecule has 0 aliphatic rings. The predicted molar refractivity (Wildman–Crippen MR) is 65.2 cm³/mol. The van der Waals surface area contributed by atoms with Crippen LogP contribution in [0.5, 0.6) is 0 Å². The second-order valence-electron chi connectivity index (χ2n) is 3.39. The monoisotopic (exact) mass is 271 g/mol. The summed E-state index contributed by atoms with van der Waals surface area (Å²) in [4.78, 5) is 18.0. The molecule has 0 aliphatic heterocycles. The fourth-order valence-corrected chi connectivity index (χ4v) is 2.41. The summed E-state index contributed by atoms with van der Waals surface area (Å²) < 4.78 is 22.5. The summed E-state index contributed by atoms with van der Waals surface area (Å²) >= 11 is 1.25. The molecule has 1 aromatic heterocycles. The SMILES string of the molecule is CS(=O)(=O)NOC(=O)c1cc2ccccc2s1. The number of fused-ring (bicyclic) bond motifs is 1. The standard InChI is InChI=1S/C10H9NO4S2/c1-17(13,14)11-15-10(12)9-6-7-4-2-3-5-8(7)16-9/h2-6,11H,1H3. The Kier molecular flexibility index (Phi) is 3.14. The number of carbonyl (C=O) groups excluding carboxylic acids is 1. The van der Waals surface area contributed by atoms with E-state index in [0.717, 1.165) is 16.3 Å². The number of sulfonamides is 1. The molecule has 17 heavy (non-hydrogen) atoms. The van der Waals surface area contributed by atoms with Gasteiger partial charge in [0.2, 0.25) is 10.0 Å². The van der Waals surface area contributed by atoms with Crippen LogP contribution in [0.4, 0.5) is 0 Å². The quantitative estimate of drug-likeness (QED) is 0.859. The first kappa shape index (κ1) is 12.0. The largest absolute Gasteiger partial charge is 0.367 e. The van der Waals surface area contributed by atoms with Crippen LogP contribution in [0.1, 0.15) is 9.67 Å². The first-order valence-corrected chi connectivity index (χ1v) is 7.33. The zero-order valence-electron chi connectivity index (χ0n) is 8.84. The fourth-order valence-electron chi connectivity index (χ4n) is 1.25. The van der Waals surface area contributed by atoms with E-state index in [1.165, 1.54) is 11.3 Å². The Bertz CT molecular complexity index is 627. The molecule has 0 fully saturated rings. The minimum Gasteiger partial charge on any atom is -0.351 e. The molecule has 0 atom stereocenters. The molecule has 0 saturated heterocycles. The topological polar surface area (TPSA) is 72.5 Å². The summed E-state index contributed by atoms with van der Waals surface area (Å²) in [6.07, 6.45) is 0.908. The van der Waals surface area contributed by atoms with E-state index >= 15 is 0 Å². The number of carbonyl (C=O) groups is 1. The van der Waals surface area contributed by atoms with Crippen LogP contribution in [0.2, 0.25) is 0 Å². The van der Waals surface area contributed by atoms with Gasteiger partial charge in [-0.1, -0.05) is 18.2 Å². The number of hydrogen-bond donors (Lipinski definition) is 1. The first-order chi connectivity index (χ1) is 7.96. The molecule has 0 saturated carbocycles. The molecule has 7 heteroatoms. The predicted octanol–water partition coefficient (Wildman–Crippen LogP) is 1.52. The van der Waals surface area contributed by atoms with E-state index in [1.54, 1.807) is 11.0 Å². The van der Waals surface area contributed by atoms with Gasteiger partial charge >= 0.3 is 5.97 Å². The number of nitrogens with one attached hydrogen (secondary N) is 1. The summed E-state index contributed by atoms with van der Waals surface area (Å²) in [7, 11) is -3.55. The van der Waals surface area contributed by atoms with Crippen molar-refractivity contribution in [2.45, 2.75) is 0 Å². The molecule has 1 heterocycles. The summed E-state index contributed by atoms with van der Waals surface area (Å²) in [5.41, 5.74) is 0. The molecular formula is C10H9NO4S2. The van der Waals surface area contributed by atoms with E-state index in [4.69, 9.17) is 0 Å². The van der Waals surface area contributed by atoms with Gasteiger partial charge in [0.05, 0.1) is 6.26 Å². The molecule has 1 N–H and O–H groups in total. The Labute approximate surface area is 102 Å². The maximum atomic E-state index is 11.5. The maximum absolute atomic E-state index is 11.5. The smallest absolute Gasteiger partial charge is 0.351 e. The van der Waals surface area contributed by atoms with Crippen molar-refractivity contribution in [2.75, 3.05) is 6.26 Å². The van der Waals surface area contributed by atoms with E-state index in [9.17, 15) is 13.2 Å². The van der Waals surface area contributed by atoms with Gasteiger partial charge in [0.1, 0.15) is 4.88 Å². The van der Waals surface area contributed by atoms with Gasteiger partial charge in [-0.05, 0) is 22.4 Å². The van der Waals surface area contributed by atoms with Crippen molar-refractivity contribution in [1.82, 2.24) is 4.89 Å². The van der Waals surface area contributed by atoms with Crippen molar-refractivity contribution in [1.29, 1.82) is 0 Å². The highest BCUT2D eigenvalue weighted by Gasteiger charge is 2.13. The number of rotatable bonds is 3. The van der Waals surface area contributed by atoms with Crippen molar-refractivity contribution >= 4 is 37.4 Å². The Hall–Kier alpha value is -1.44. The summed E-state index contributed by atoms with van der Waals surface area (Å²) in [6, 6.07) is 9.13. The van der Waals surface area contributed by atoms with Gasteiger partial charge in [-0.2, -0.15) is 0 Å². The van der Waals surface area contributed by atoms with E-state index < -0.39 is 16.0 Å². The Morgan fingerprint density at radius 2 is 2.06 bits per heavy atom. The molecule has 0 unspecified atom stereocenters. The van der Waals surface area contributed by atoms with Crippen molar-refractivity contribution in [3.63, 3.8) is 0 Å².